The Hall–Kier alpha value is -2.08. The molecular weight excluding hydrogens is 310 g/mol. The van der Waals surface area contributed by atoms with Crippen LogP contribution < -0.4 is 15.4 Å². The van der Waals surface area contributed by atoms with E-state index in [9.17, 15) is 4.79 Å². The van der Waals surface area contributed by atoms with Gasteiger partial charge in [-0.05, 0) is 33.8 Å². The molecule has 1 aliphatic rings. The van der Waals surface area contributed by atoms with Gasteiger partial charge in [-0.1, -0.05) is 12.1 Å². The summed E-state index contributed by atoms with van der Waals surface area (Å²) in [6.45, 7) is 7.96. The Morgan fingerprint density at radius 3 is 2.91 bits per heavy atom. The van der Waals surface area contributed by atoms with E-state index in [-0.39, 0.29) is 17.7 Å². The Morgan fingerprint density at radius 2 is 2.22 bits per heavy atom. The van der Waals surface area contributed by atoms with Crippen molar-refractivity contribution in [3.8, 4) is 5.75 Å². The fourth-order valence-electron chi connectivity index (χ4n) is 2.70. The lowest BCUT2D eigenvalue weighted by atomic mass is 10.0. The third-order valence-corrected chi connectivity index (χ3v) is 4.84. The number of nitrogens with one attached hydrogen (secondary N) is 2. The normalized spacial score (nSPS) is 16.3. The van der Waals surface area contributed by atoms with Gasteiger partial charge in [-0.3, -0.25) is 0 Å². The van der Waals surface area contributed by atoms with Gasteiger partial charge in [0.2, 0.25) is 0 Å². The summed E-state index contributed by atoms with van der Waals surface area (Å²) in [5, 5.41) is 8.68. The van der Waals surface area contributed by atoms with Crippen LogP contribution in [0.4, 0.5) is 10.5 Å². The Labute approximate surface area is 140 Å². The highest BCUT2D eigenvalue weighted by molar-refractivity contribution is 7.09. The van der Waals surface area contributed by atoms with Crippen LogP contribution >= 0.6 is 11.3 Å². The lowest BCUT2D eigenvalue weighted by Gasteiger charge is -2.19. The highest BCUT2D eigenvalue weighted by Gasteiger charge is 2.32. The minimum atomic E-state index is -0.257. The summed E-state index contributed by atoms with van der Waals surface area (Å²) < 4.78 is 5.97. The number of ether oxygens (including phenoxy) is 1. The Bertz CT molecular complexity index is 739. The maximum atomic E-state index is 12.3. The number of carbonyl (C=O) groups is 1. The van der Waals surface area contributed by atoms with E-state index in [1.165, 1.54) is 0 Å². The van der Waals surface area contributed by atoms with Crippen LogP contribution in [0.1, 0.15) is 43.1 Å². The molecule has 1 atom stereocenters. The summed E-state index contributed by atoms with van der Waals surface area (Å²) in [7, 11) is 0. The summed E-state index contributed by atoms with van der Waals surface area (Å²) in [5.41, 5.74) is 2.56. The molecule has 5 nitrogen and oxygen atoms in total. The lowest BCUT2D eigenvalue weighted by molar-refractivity contribution is 0.139. The van der Waals surface area contributed by atoms with E-state index in [2.05, 4.69) is 15.6 Å². The minimum Gasteiger partial charge on any atom is -0.485 e. The maximum Gasteiger partial charge on any atom is 0.319 e. The molecule has 23 heavy (non-hydrogen) atoms. The van der Waals surface area contributed by atoms with E-state index in [1.54, 1.807) is 11.3 Å². The van der Waals surface area contributed by atoms with Gasteiger partial charge < -0.3 is 15.4 Å². The maximum absolute atomic E-state index is 12.3. The van der Waals surface area contributed by atoms with Crippen LogP contribution in [0, 0.1) is 6.92 Å². The smallest absolute Gasteiger partial charge is 0.319 e. The molecule has 122 valence electrons. The molecule has 2 amide bonds. The van der Waals surface area contributed by atoms with Crippen molar-refractivity contribution in [3.63, 3.8) is 0 Å². The molecule has 0 saturated carbocycles. The number of anilines is 1. The molecule has 1 unspecified atom stereocenters. The van der Waals surface area contributed by atoms with Crippen LogP contribution in [0.25, 0.3) is 0 Å². The first-order valence-corrected chi connectivity index (χ1v) is 8.52. The summed E-state index contributed by atoms with van der Waals surface area (Å²) in [4.78, 5) is 16.7. The van der Waals surface area contributed by atoms with Gasteiger partial charge >= 0.3 is 6.03 Å². The zero-order valence-electron chi connectivity index (χ0n) is 13.8. The predicted octanol–water partition coefficient (Wildman–Crippen LogP) is 4.05. The molecule has 1 aromatic carbocycles. The summed E-state index contributed by atoms with van der Waals surface area (Å²) in [6, 6.07) is 5.44. The van der Waals surface area contributed by atoms with Crippen molar-refractivity contribution in [2.45, 2.75) is 45.8 Å². The van der Waals surface area contributed by atoms with E-state index < -0.39 is 0 Å². The quantitative estimate of drug-likeness (QED) is 0.892. The fourth-order valence-corrected chi connectivity index (χ4v) is 3.51. The first-order chi connectivity index (χ1) is 10.8. The SMILES string of the molecule is Cc1csc(C(C)NC(=O)Nc2cccc3c2OC(C)(C)C3)n1. The molecule has 0 bridgehead atoms. The topological polar surface area (TPSA) is 63.2 Å². The van der Waals surface area contributed by atoms with Crippen molar-refractivity contribution >= 4 is 23.1 Å². The molecule has 3 rings (SSSR count). The number of nitrogens with zero attached hydrogens (tertiary/aromatic N) is 1. The van der Waals surface area contributed by atoms with E-state index >= 15 is 0 Å². The number of thiazole rings is 1. The van der Waals surface area contributed by atoms with E-state index in [1.807, 2.05) is 51.3 Å². The Morgan fingerprint density at radius 1 is 1.43 bits per heavy atom. The monoisotopic (exact) mass is 331 g/mol. The molecule has 0 aliphatic carbocycles. The van der Waals surface area contributed by atoms with Gasteiger partial charge in [0.15, 0.2) is 0 Å². The molecule has 1 aliphatic heterocycles. The van der Waals surface area contributed by atoms with Gasteiger partial charge in [0.25, 0.3) is 0 Å². The van der Waals surface area contributed by atoms with Gasteiger partial charge in [0.1, 0.15) is 16.4 Å². The number of benzene rings is 1. The number of amides is 2. The third-order valence-electron chi connectivity index (χ3n) is 3.69. The van der Waals surface area contributed by atoms with E-state index in [4.69, 9.17) is 4.74 Å². The highest BCUT2D eigenvalue weighted by Crippen LogP contribution is 2.40. The number of hydrogen-bond donors (Lipinski definition) is 2. The molecule has 0 radical (unpaired) electrons. The van der Waals surface area contributed by atoms with E-state index in [0.717, 1.165) is 28.4 Å². The van der Waals surface area contributed by atoms with Gasteiger partial charge in [-0.25, -0.2) is 9.78 Å². The second-order valence-corrected chi connectivity index (χ2v) is 7.37. The number of carbonyl (C=O) groups excluding carboxylic acids is 1. The van der Waals surface area contributed by atoms with Crippen molar-refractivity contribution in [3.05, 3.63) is 39.8 Å². The van der Waals surface area contributed by atoms with Crippen LogP contribution in [0.3, 0.4) is 0 Å². The molecular formula is C17H21N3O2S. The number of rotatable bonds is 3. The Kier molecular flexibility index (Phi) is 4.02. The Balaban J connectivity index is 1.69. The standard InChI is InChI=1S/C17H21N3O2S/c1-10-9-23-15(18-10)11(2)19-16(21)20-13-7-5-6-12-8-17(3,4)22-14(12)13/h5-7,9,11H,8H2,1-4H3,(H2,19,20,21). The molecule has 2 N–H and O–H groups in total. The molecule has 2 heterocycles. The molecule has 6 heteroatoms. The second-order valence-electron chi connectivity index (χ2n) is 6.48. The number of hydrogen-bond acceptors (Lipinski definition) is 4. The molecule has 1 aromatic heterocycles. The number of urea groups is 1. The summed E-state index contributed by atoms with van der Waals surface area (Å²) in [6.07, 6.45) is 0.842. The predicted molar refractivity (Wildman–Crippen MR) is 92.3 cm³/mol. The minimum absolute atomic E-state index is 0.136. The van der Waals surface area contributed by atoms with E-state index in [0.29, 0.717) is 5.69 Å². The zero-order valence-corrected chi connectivity index (χ0v) is 14.6. The fraction of sp³-hybridized carbons (Fsp3) is 0.412. The molecule has 0 spiro atoms. The van der Waals surface area contributed by atoms with Crippen molar-refractivity contribution in [2.75, 3.05) is 5.32 Å². The molecule has 0 saturated heterocycles. The van der Waals surface area contributed by atoms with Gasteiger partial charge in [0.05, 0.1) is 11.7 Å². The van der Waals surface area contributed by atoms with Crippen LogP contribution in [-0.4, -0.2) is 16.6 Å². The number of aryl methyl sites for hydroxylation is 1. The molecule has 2 aromatic rings. The second kappa shape index (κ2) is 5.85. The van der Waals surface area contributed by atoms with Crippen molar-refractivity contribution in [1.82, 2.24) is 10.3 Å². The lowest BCUT2D eigenvalue weighted by Crippen LogP contribution is -2.31. The van der Waals surface area contributed by atoms with Crippen molar-refractivity contribution in [1.29, 1.82) is 0 Å². The van der Waals surface area contributed by atoms with Crippen LogP contribution in [0.15, 0.2) is 23.6 Å². The van der Waals surface area contributed by atoms with Crippen LogP contribution in [0.5, 0.6) is 5.75 Å². The first kappa shape index (κ1) is 15.8. The largest absolute Gasteiger partial charge is 0.485 e. The highest BCUT2D eigenvalue weighted by atomic mass is 32.1. The summed E-state index contributed by atoms with van der Waals surface area (Å²) >= 11 is 1.55. The first-order valence-electron chi connectivity index (χ1n) is 7.64. The van der Waals surface area contributed by atoms with Crippen molar-refractivity contribution < 1.29 is 9.53 Å². The number of fused-ring (bicyclic) bond motifs is 1. The van der Waals surface area contributed by atoms with Gasteiger partial charge in [0, 0.05) is 23.1 Å². The van der Waals surface area contributed by atoms with Crippen LogP contribution in [0.2, 0.25) is 0 Å². The number of aromatic nitrogens is 1. The van der Waals surface area contributed by atoms with Crippen molar-refractivity contribution in [2.24, 2.45) is 0 Å². The zero-order chi connectivity index (χ0) is 16.6. The van der Waals surface area contributed by atoms with Gasteiger partial charge in [-0.2, -0.15) is 0 Å². The van der Waals surface area contributed by atoms with Gasteiger partial charge in [-0.15, -0.1) is 11.3 Å². The van der Waals surface area contributed by atoms with Crippen LogP contribution in [-0.2, 0) is 6.42 Å². The number of para-hydroxylation sites is 1. The average molecular weight is 331 g/mol. The molecule has 0 fully saturated rings. The third kappa shape index (κ3) is 3.47. The summed E-state index contributed by atoms with van der Waals surface area (Å²) in [5.74, 6) is 0.769. The average Bonchev–Trinajstić information content (AvgIpc) is 3.01.